The van der Waals surface area contributed by atoms with E-state index in [4.69, 9.17) is 5.73 Å². The summed E-state index contributed by atoms with van der Waals surface area (Å²) in [6.45, 7) is -3.61. The zero-order valence-electron chi connectivity index (χ0n) is 12.7. The van der Waals surface area contributed by atoms with E-state index in [2.05, 4.69) is 4.74 Å². The first-order valence-electron chi connectivity index (χ1n) is 6.93. The van der Waals surface area contributed by atoms with E-state index in [0.717, 1.165) is 13.0 Å². The minimum atomic E-state index is -4.74. The molecule has 25 heavy (non-hydrogen) atoms. The lowest BCUT2D eigenvalue weighted by Crippen LogP contribution is -2.41. The number of benzene rings is 1. The molecule has 1 aromatic rings. The predicted octanol–water partition coefficient (Wildman–Crippen LogP) is 3.20. The van der Waals surface area contributed by atoms with Crippen LogP contribution in [0.2, 0.25) is 0 Å². The van der Waals surface area contributed by atoms with Crippen LogP contribution in [-0.4, -0.2) is 31.3 Å². The first-order valence-corrected chi connectivity index (χ1v) is 6.93. The second-order valence-electron chi connectivity index (χ2n) is 5.90. The Bertz CT molecular complexity index is 680. The summed E-state index contributed by atoms with van der Waals surface area (Å²) >= 11 is 0. The van der Waals surface area contributed by atoms with E-state index < -0.39 is 66.2 Å². The lowest BCUT2D eigenvalue weighted by Gasteiger charge is -2.29. The molecule has 2 N–H and O–H groups in total. The van der Waals surface area contributed by atoms with E-state index in [0.29, 0.717) is 11.0 Å². The Morgan fingerprint density at radius 1 is 1.36 bits per heavy atom. The molecule has 1 amide bonds. The van der Waals surface area contributed by atoms with Crippen LogP contribution in [0.5, 0.6) is 5.75 Å². The maximum absolute atomic E-state index is 13.8. The molecule has 1 aliphatic heterocycles. The van der Waals surface area contributed by atoms with Crippen LogP contribution in [-0.2, 0) is 4.79 Å². The molecule has 0 radical (unpaired) electrons. The van der Waals surface area contributed by atoms with Crippen molar-refractivity contribution in [2.24, 2.45) is 11.1 Å². The van der Waals surface area contributed by atoms with E-state index >= 15 is 0 Å². The molecule has 140 valence electrons. The predicted molar refractivity (Wildman–Crippen MR) is 72.1 cm³/mol. The highest BCUT2D eigenvalue weighted by Gasteiger charge is 2.59. The topological polar surface area (TPSA) is 55.6 Å². The Morgan fingerprint density at radius 2 is 1.96 bits per heavy atom. The van der Waals surface area contributed by atoms with Crippen molar-refractivity contribution in [3.63, 3.8) is 0 Å². The molecule has 0 spiro atoms. The number of nitrogens with two attached hydrogens (primary N) is 1. The number of hydrogen-bond acceptors (Lipinski definition) is 3. The fraction of sp³-hybridized carbons (Fsp3) is 0.500. The Hall–Kier alpha value is -2.20. The number of hydrogen-bond donors (Lipinski definition) is 1. The minimum absolute atomic E-state index is 0.532. The van der Waals surface area contributed by atoms with Gasteiger partial charge in [-0.2, -0.15) is 26.3 Å². The van der Waals surface area contributed by atoms with Gasteiger partial charge < -0.3 is 15.4 Å². The third kappa shape index (κ3) is 3.45. The molecule has 1 aromatic carbocycles. The Balaban J connectivity index is 2.55. The number of ether oxygens (including phenoxy) is 1. The van der Waals surface area contributed by atoms with Gasteiger partial charge in [0.05, 0.1) is 11.1 Å². The van der Waals surface area contributed by atoms with E-state index in [-0.39, 0.29) is 0 Å². The quantitative estimate of drug-likeness (QED) is 0.824. The third-order valence-electron chi connectivity index (χ3n) is 4.10. The SMILES string of the molecule is CC1(C(F)(F)F)CC(C(N)=O)N(c2ccc(F)c(F)c2OC(F)F)C1. The van der Waals surface area contributed by atoms with Crippen molar-refractivity contribution in [1.29, 1.82) is 0 Å². The molecular formula is C14H13F7N2O2. The van der Waals surface area contributed by atoms with Gasteiger partial charge in [0.1, 0.15) is 6.04 Å². The lowest BCUT2D eigenvalue weighted by atomic mass is 9.87. The normalized spacial score (nSPS) is 24.0. The Kier molecular flexibility index (Phi) is 4.79. The Labute approximate surface area is 137 Å². The summed E-state index contributed by atoms with van der Waals surface area (Å²) in [5, 5.41) is 0. The number of carbonyl (C=O) groups is 1. The number of halogens is 7. The fourth-order valence-electron chi connectivity index (χ4n) is 2.75. The van der Waals surface area contributed by atoms with E-state index in [9.17, 15) is 35.5 Å². The largest absolute Gasteiger partial charge is 0.429 e. The van der Waals surface area contributed by atoms with Crippen LogP contribution < -0.4 is 15.4 Å². The molecule has 0 aromatic heterocycles. The van der Waals surface area contributed by atoms with Crippen molar-refractivity contribution in [1.82, 2.24) is 0 Å². The van der Waals surface area contributed by atoms with Crippen LogP contribution in [0.15, 0.2) is 12.1 Å². The molecule has 4 nitrogen and oxygen atoms in total. The average Bonchev–Trinajstić information content (AvgIpc) is 2.83. The van der Waals surface area contributed by atoms with Crippen LogP contribution in [0.1, 0.15) is 13.3 Å². The molecule has 1 heterocycles. The third-order valence-corrected chi connectivity index (χ3v) is 4.10. The summed E-state index contributed by atoms with van der Waals surface area (Å²) in [6, 6.07) is -0.269. The van der Waals surface area contributed by atoms with Gasteiger partial charge in [0.2, 0.25) is 11.7 Å². The van der Waals surface area contributed by atoms with Gasteiger partial charge >= 0.3 is 12.8 Å². The zero-order chi connectivity index (χ0) is 19.2. The minimum Gasteiger partial charge on any atom is -0.429 e. The lowest BCUT2D eigenvalue weighted by molar-refractivity contribution is -0.210. The number of primary amides is 1. The van der Waals surface area contributed by atoms with Gasteiger partial charge in [-0.1, -0.05) is 0 Å². The first kappa shape index (κ1) is 19.1. The van der Waals surface area contributed by atoms with Crippen LogP contribution in [0.25, 0.3) is 0 Å². The van der Waals surface area contributed by atoms with Crippen LogP contribution >= 0.6 is 0 Å². The van der Waals surface area contributed by atoms with Crippen molar-refractivity contribution < 1.29 is 40.3 Å². The molecule has 2 rings (SSSR count). The number of amides is 1. The van der Waals surface area contributed by atoms with Crippen molar-refractivity contribution >= 4 is 11.6 Å². The van der Waals surface area contributed by atoms with E-state index in [1.54, 1.807) is 0 Å². The fourth-order valence-corrected chi connectivity index (χ4v) is 2.75. The van der Waals surface area contributed by atoms with Crippen LogP contribution in [0, 0.1) is 17.0 Å². The molecular weight excluding hydrogens is 361 g/mol. The molecule has 1 saturated heterocycles. The highest BCUT2D eigenvalue weighted by molar-refractivity contribution is 5.85. The van der Waals surface area contributed by atoms with Crippen molar-refractivity contribution in [3.05, 3.63) is 23.8 Å². The maximum Gasteiger partial charge on any atom is 0.396 e. The van der Waals surface area contributed by atoms with E-state index in [1.807, 2.05) is 0 Å². The first-order chi connectivity index (χ1) is 11.4. The molecule has 11 heteroatoms. The summed E-state index contributed by atoms with van der Waals surface area (Å²) in [7, 11) is 0. The second kappa shape index (κ2) is 6.26. The maximum atomic E-state index is 13.8. The highest BCUT2D eigenvalue weighted by atomic mass is 19.4. The van der Waals surface area contributed by atoms with Gasteiger partial charge in [0.15, 0.2) is 11.6 Å². The van der Waals surface area contributed by atoms with Gasteiger partial charge in [0.25, 0.3) is 0 Å². The molecule has 1 aliphatic rings. The molecule has 0 bridgehead atoms. The van der Waals surface area contributed by atoms with Gasteiger partial charge in [-0.3, -0.25) is 4.79 Å². The number of carbonyl (C=O) groups excluding carboxylic acids is 1. The zero-order valence-corrected chi connectivity index (χ0v) is 12.7. The number of rotatable bonds is 4. The average molecular weight is 374 g/mol. The molecule has 0 aliphatic carbocycles. The van der Waals surface area contributed by atoms with Crippen LogP contribution in [0.3, 0.4) is 0 Å². The van der Waals surface area contributed by atoms with E-state index in [1.165, 1.54) is 0 Å². The van der Waals surface area contributed by atoms with Gasteiger partial charge in [-0.05, 0) is 25.5 Å². The smallest absolute Gasteiger partial charge is 0.396 e. The van der Waals surface area contributed by atoms with Gasteiger partial charge in [-0.15, -0.1) is 0 Å². The number of anilines is 1. The molecule has 1 fully saturated rings. The summed E-state index contributed by atoms with van der Waals surface area (Å²) in [4.78, 5) is 12.2. The monoisotopic (exact) mass is 374 g/mol. The number of alkyl halides is 5. The molecule has 2 unspecified atom stereocenters. The summed E-state index contributed by atoms with van der Waals surface area (Å²) in [5.74, 6) is -5.79. The molecule has 2 atom stereocenters. The van der Waals surface area contributed by atoms with Gasteiger partial charge in [-0.25, -0.2) is 4.39 Å². The Morgan fingerprint density at radius 3 is 2.44 bits per heavy atom. The summed E-state index contributed by atoms with van der Waals surface area (Å²) in [5.41, 5.74) is 2.09. The highest BCUT2D eigenvalue weighted by Crippen LogP contribution is 2.50. The van der Waals surface area contributed by atoms with Gasteiger partial charge in [0, 0.05) is 6.54 Å². The summed E-state index contributed by atoms with van der Waals surface area (Å²) < 4.78 is 95.8. The van der Waals surface area contributed by atoms with Crippen LogP contribution in [0.4, 0.5) is 36.4 Å². The van der Waals surface area contributed by atoms with Crippen molar-refractivity contribution in [2.45, 2.75) is 32.2 Å². The summed E-state index contributed by atoms with van der Waals surface area (Å²) in [6.07, 6.45) is -5.50. The number of nitrogens with zero attached hydrogens (tertiary/aromatic N) is 1. The second-order valence-corrected chi connectivity index (χ2v) is 5.90. The molecule has 0 saturated carbocycles. The van der Waals surface area contributed by atoms with Crippen molar-refractivity contribution in [2.75, 3.05) is 11.4 Å². The standard InChI is InChI=1S/C14H13F7N2O2/c1-13(14(19,20)21)4-8(11(22)24)23(5-13)7-3-2-6(15)9(16)10(7)25-12(17)18/h2-3,8,12H,4-5H2,1H3,(H2,22,24). The van der Waals surface area contributed by atoms with Crippen molar-refractivity contribution in [3.8, 4) is 5.75 Å².